The Balaban J connectivity index is 2.24. The molecule has 0 spiro atoms. The normalized spacial score (nSPS) is 12.5. The third-order valence-electron chi connectivity index (χ3n) is 2.72. The highest BCUT2D eigenvalue weighted by Crippen LogP contribution is 2.36. The summed E-state index contributed by atoms with van der Waals surface area (Å²) in [6.45, 7) is 0. The number of methoxy groups -OCH3 is 1. The lowest BCUT2D eigenvalue weighted by molar-refractivity contribution is 0.177. The van der Waals surface area contributed by atoms with Crippen LogP contribution in [0.1, 0.15) is 17.2 Å². The van der Waals surface area contributed by atoms with Crippen molar-refractivity contribution in [1.29, 1.82) is 0 Å². The van der Waals surface area contributed by atoms with Crippen LogP contribution in [-0.4, -0.2) is 12.2 Å². The first-order chi connectivity index (χ1) is 9.02. The molecule has 0 saturated heterocycles. The standard InChI is InChI=1S/C13H11Cl2FO2S/c1-18-10-4-2-3-7(12(10)16)5-9(17)8-6-11(14)19-13(8)15/h2-4,6,9,17H,5H2,1H3. The Morgan fingerprint density at radius 3 is 2.74 bits per heavy atom. The fourth-order valence-electron chi connectivity index (χ4n) is 1.77. The lowest BCUT2D eigenvalue weighted by Gasteiger charge is -2.12. The fraction of sp³-hybridized carbons (Fsp3) is 0.231. The van der Waals surface area contributed by atoms with Gasteiger partial charge < -0.3 is 9.84 Å². The van der Waals surface area contributed by atoms with Crippen LogP contribution in [0.25, 0.3) is 0 Å². The van der Waals surface area contributed by atoms with Crippen molar-refractivity contribution in [3.8, 4) is 5.75 Å². The number of aliphatic hydroxyl groups excluding tert-OH is 1. The maximum atomic E-state index is 14.0. The average Bonchev–Trinajstić information content (AvgIpc) is 2.71. The van der Waals surface area contributed by atoms with Gasteiger partial charge in [-0.2, -0.15) is 0 Å². The summed E-state index contributed by atoms with van der Waals surface area (Å²) in [6.07, 6.45) is -0.798. The molecule has 1 aromatic heterocycles. The van der Waals surface area contributed by atoms with E-state index in [1.54, 1.807) is 18.2 Å². The Morgan fingerprint density at radius 2 is 2.16 bits per heavy atom. The van der Waals surface area contributed by atoms with Crippen molar-refractivity contribution in [2.45, 2.75) is 12.5 Å². The van der Waals surface area contributed by atoms with E-state index >= 15 is 0 Å². The second-order valence-electron chi connectivity index (χ2n) is 3.93. The third kappa shape index (κ3) is 3.20. The van der Waals surface area contributed by atoms with E-state index in [2.05, 4.69) is 0 Å². The highest BCUT2D eigenvalue weighted by Gasteiger charge is 2.18. The predicted octanol–water partition coefficient (Wildman–Crippen LogP) is 4.48. The Bertz CT molecular complexity index is 586. The highest BCUT2D eigenvalue weighted by atomic mass is 35.5. The molecule has 0 radical (unpaired) electrons. The van der Waals surface area contributed by atoms with E-state index in [0.717, 1.165) is 0 Å². The van der Waals surface area contributed by atoms with Gasteiger partial charge in [0.05, 0.1) is 17.6 Å². The summed E-state index contributed by atoms with van der Waals surface area (Å²) in [5, 5.41) is 10.1. The molecule has 0 saturated carbocycles. The molecule has 1 heterocycles. The van der Waals surface area contributed by atoms with Crippen LogP contribution in [0.2, 0.25) is 8.67 Å². The highest BCUT2D eigenvalue weighted by molar-refractivity contribution is 7.20. The minimum absolute atomic E-state index is 0.107. The van der Waals surface area contributed by atoms with Crippen molar-refractivity contribution in [2.75, 3.05) is 7.11 Å². The molecule has 0 bridgehead atoms. The van der Waals surface area contributed by atoms with Gasteiger partial charge >= 0.3 is 0 Å². The van der Waals surface area contributed by atoms with Crippen LogP contribution in [0.15, 0.2) is 24.3 Å². The Labute approximate surface area is 124 Å². The van der Waals surface area contributed by atoms with Crippen molar-refractivity contribution in [2.24, 2.45) is 0 Å². The van der Waals surface area contributed by atoms with Crippen LogP contribution in [0.5, 0.6) is 5.75 Å². The molecule has 0 aliphatic heterocycles. The summed E-state index contributed by atoms with van der Waals surface area (Å²) in [6, 6.07) is 6.39. The fourth-order valence-corrected chi connectivity index (χ4v) is 3.34. The molecule has 0 aliphatic rings. The number of benzene rings is 1. The van der Waals surface area contributed by atoms with Crippen LogP contribution >= 0.6 is 34.5 Å². The summed E-state index contributed by atoms with van der Waals surface area (Å²) >= 11 is 13.0. The molecule has 19 heavy (non-hydrogen) atoms. The van der Waals surface area contributed by atoms with E-state index in [9.17, 15) is 9.50 Å². The van der Waals surface area contributed by atoms with Crippen LogP contribution < -0.4 is 4.74 Å². The summed E-state index contributed by atoms with van der Waals surface area (Å²) < 4.78 is 19.8. The zero-order valence-electron chi connectivity index (χ0n) is 9.99. The molecule has 1 atom stereocenters. The molecule has 0 aliphatic carbocycles. The van der Waals surface area contributed by atoms with Crippen molar-refractivity contribution in [3.63, 3.8) is 0 Å². The average molecular weight is 321 g/mol. The third-order valence-corrected chi connectivity index (χ3v) is 4.24. The van der Waals surface area contributed by atoms with Crippen LogP contribution in [0.3, 0.4) is 0 Å². The first-order valence-electron chi connectivity index (χ1n) is 5.47. The molecule has 0 fully saturated rings. The lowest BCUT2D eigenvalue weighted by Crippen LogP contribution is -2.04. The summed E-state index contributed by atoms with van der Waals surface area (Å²) in [7, 11) is 1.40. The van der Waals surface area contributed by atoms with E-state index in [0.29, 0.717) is 19.8 Å². The monoisotopic (exact) mass is 320 g/mol. The van der Waals surface area contributed by atoms with Gasteiger partial charge in [-0.3, -0.25) is 0 Å². The topological polar surface area (TPSA) is 29.5 Å². The quantitative estimate of drug-likeness (QED) is 0.900. The molecule has 1 unspecified atom stereocenters. The molecular formula is C13H11Cl2FO2S. The van der Waals surface area contributed by atoms with Gasteiger partial charge in [0.15, 0.2) is 11.6 Å². The summed E-state index contributed by atoms with van der Waals surface area (Å²) in [5.41, 5.74) is 0.879. The number of halogens is 3. The summed E-state index contributed by atoms with van der Waals surface area (Å²) in [4.78, 5) is 0. The van der Waals surface area contributed by atoms with Crippen molar-refractivity contribution < 1.29 is 14.2 Å². The molecule has 2 nitrogen and oxygen atoms in total. The molecule has 102 valence electrons. The van der Waals surface area contributed by atoms with E-state index in [-0.39, 0.29) is 12.2 Å². The van der Waals surface area contributed by atoms with Gasteiger partial charge in [0.2, 0.25) is 0 Å². The van der Waals surface area contributed by atoms with Crippen molar-refractivity contribution in [1.82, 2.24) is 0 Å². The maximum Gasteiger partial charge on any atom is 0.168 e. The molecule has 2 aromatic rings. The molecule has 6 heteroatoms. The number of ether oxygens (including phenoxy) is 1. The van der Waals surface area contributed by atoms with Crippen molar-refractivity contribution >= 4 is 34.5 Å². The second-order valence-corrected chi connectivity index (χ2v) is 6.22. The van der Waals surface area contributed by atoms with Gasteiger partial charge in [0.1, 0.15) is 4.34 Å². The second kappa shape index (κ2) is 6.09. The van der Waals surface area contributed by atoms with E-state index in [4.69, 9.17) is 27.9 Å². The minimum atomic E-state index is -0.905. The molecule has 1 N–H and O–H groups in total. The molecular weight excluding hydrogens is 310 g/mol. The van der Waals surface area contributed by atoms with Gasteiger partial charge in [0.25, 0.3) is 0 Å². The van der Waals surface area contributed by atoms with Crippen LogP contribution in [0, 0.1) is 5.82 Å². The first-order valence-corrected chi connectivity index (χ1v) is 7.04. The van der Waals surface area contributed by atoms with Crippen LogP contribution in [-0.2, 0) is 6.42 Å². The number of rotatable bonds is 4. The smallest absolute Gasteiger partial charge is 0.168 e. The van der Waals surface area contributed by atoms with Gasteiger partial charge in [-0.1, -0.05) is 35.3 Å². The van der Waals surface area contributed by atoms with E-state index < -0.39 is 11.9 Å². The zero-order valence-corrected chi connectivity index (χ0v) is 12.3. The molecule has 0 amide bonds. The predicted molar refractivity (Wildman–Crippen MR) is 76.0 cm³/mol. The van der Waals surface area contributed by atoms with Gasteiger partial charge in [0, 0.05) is 12.0 Å². The van der Waals surface area contributed by atoms with Crippen LogP contribution in [0.4, 0.5) is 4.39 Å². The van der Waals surface area contributed by atoms with Gasteiger partial charge in [-0.15, -0.1) is 11.3 Å². The number of aliphatic hydroxyl groups is 1. The van der Waals surface area contributed by atoms with E-state index in [1.165, 1.54) is 24.5 Å². The Hall–Kier alpha value is -0.810. The largest absolute Gasteiger partial charge is 0.494 e. The zero-order chi connectivity index (χ0) is 14.0. The van der Waals surface area contributed by atoms with E-state index in [1.807, 2.05) is 0 Å². The molecule has 2 rings (SSSR count). The number of hydrogen-bond acceptors (Lipinski definition) is 3. The Morgan fingerprint density at radius 1 is 1.42 bits per heavy atom. The minimum Gasteiger partial charge on any atom is -0.494 e. The molecule has 1 aromatic carbocycles. The van der Waals surface area contributed by atoms with Crippen molar-refractivity contribution in [3.05, 3.63) is 49.9 Å². The van der Waals surface area contributed by atoms with Gasteiger partial charge in [-0.25, -0.2) is 4.39 Å². The SMILES string of the molecule is COc1cccc(CC(O)c2cc(Cl)sc2Cl)c1F. The maximum absolute atomic E-state index is 14.0. The first kappa shape index (κ1) is 14.6. The van der Waals surface area contributed by atoms with Gasteiger partial charge in [-0.05, 0) is 17.7 Å². The lowest BCUT2D eigenvalue weighted by atomic mass is 10.0. The number of thiophene rings is 1. The number of hydrogen-bond donors (Lipinski definition) is 1. The summed E-state index contributed by atoms with van der Waals surface area (Å²) in [5.74, 6) is -0.319. The Kier molecular flexibility index (Phi) is 4.68.